The minimum atomic E-state index is -0.119. The van der Waals surface area contributed by atoms with E-state index in [1.54, 1.807) is 0 Å². The number of rotatable bonds is 1. The fraction of sp³-hybridized carbons (Fsp3) is 0.955. The molecule has 5 aliphatic rings. The van der Waals surface area contributed by atoms with Crippen molar-refractivity contribution in [1.29, 1.82) is 0 Å². The normalized spacial score (nSPS) is 57.2. The number of aliphatic hydroxyl groups is 1. The van der Waals surface area contributed by atoms with Crippen LogP contribution >= 0.6 is 0 Å². The van der Waals surface area contributed by atoms with Crippen molar-refractivity contribution in [3.63, 3.8) is 0 Å². The van der Waals surface area contributed by atoms with Crippen LogP contribution in [0.1, 0.15) is 71.6 Å². The van der Waals surface area contributed by atoms with E-state index in [0.29, 0.717) is 29.8 Å². The van der Waals surface area contributed by atoms with Gasteiger partial charge < -0.3 is 9.84 Å². The SMILES string of the molecule is C[C@H]1OC(=O)[C@]23CC[C@H]4[C@@H](CC[C@H]5C[C@H](CO)CC[C@@]54C)[C@@H]2CC[C@H]13. The highest BCUT2D eigenvalue weighted by molar-refractivity contribution is 5.81. The number of carbonyl (C=O) groups excluding carboxylic acids is 1. The van der Waals surface area contributed by atoms with Gasteiger partial charge in [-0.05, 0) is 99.7 Å². The smallest absolute Gasteiger partial charge is 0.313 e. The third kappa shape index (κ3) is 2.00. The highest BCUT2D eigenvalue weighted by Gasteiger charge is 2.68. The van der Waals surface area contributed by atoms with E-state index in [0.717, 1.165) is 24.2 Å². The first kappa shape index (κ1) is 16.6. The summed E-state index contributed by atoms with van der Waals surface area (Å²) in [6.07, 6.45) is 11.3. The monoisotopic (exact) mass is 346 g/mol. The number of hydrogen-bond donors (Lipinski definition) is 1. The molecule has 9 atom stereocenters. The Balaban J connectivity index is 1.45. The number of fused-ring (bicyclic) bond motifs is 4. The van der Waals surface area contributed by atoms with Gasteiger partial charge in [0.25, 0.3) is 0 Å². The van der Waals surface area contributed by atoms with Crippen LogP contribution < -0.4 is 0 Å². The second-order valence-corrected chi connectivity index (χ2v) is 10.4. The van der Waals surface area contributed by atoms with E-state index in [1.165, 1.54) is 51.4 Å². The van der Waals surface area contributed by atoms with Crippen LogP contribution in [0, 0.1) is 46.3 Å². The Labute approximate surface area is 151 Å². The maximum Gasteiger partial charge on any atom is 0.313 e. The van der Waals surface area contributed by atoms with Gasteiger partial charge in [0.1, 0.15) is 6.10 Å². The molecule has 0 aromatic carbocycles. The Morgan fingerprint density at radius 2 is 1.84 bits per heavy atom. The van der Waals surface area contributed by atoms with E-state index in [9.17, 15) is 9.90 Å². The van der Waals surface area contributed by atoms with Crippen LogP contribution in [0.3, 0.4) is 0 Å². The summed E-state index contributed by atoms with van der Waals surface area (Å²) in [5.41, 5.74) is 0.328. The fourth-order valence-corrected chi connectivity index (χ4v) is 8.65. The highest BCUT2D eigenvalue weighted by atomic mass is 16.6. The van der Waals surface area contributed by atoms with E-state index in [2.05, 4.69) is 13.8 Å². The molecule has 1 heterocycles. The molecule has 0 aromatic heterocycles. The molecule has 1 N–H and O–H groups in total. The summed E-state index contributed by atoms with van der Waals surface area (Å²) < 4.78 is 5.76. The van der Waals surface area contributed by atoms with Gasteiger partial charge in [0, 0.05) is 12.5 Å². The fourth-order valence-electron chi connectivity index (χ4n) is 8.65. The zero-order chi connectivity index (χ0) is 17.4. The average Bonchev–Trinajstić information content (AvgIpc) is 3.11. The minimum absolute atomic E-state index is 0.119. The highest BCUT2D eigenvalue weighted by Crippen LogP contribution is 2.69. The summed E-state index contributed by atoms with van der Waals surface area (Å²) >= 11 is 0. The van der Waals surface area contributed by atoms with Crippen LogP contribution in [0.4, 0.5) is 0 Å². The largest absolute Gasteiger partial charge is 0.462 e. The second kappa shape index (κ2) is 5.47. The molecule has 25 heavy (non-hydrogen) atoms. The van der Waals surface area contributed by atoms with E-state index < -0.39 is 0 Å². The van der Waals surface area contributed by atoms with Crippen molar-refractivity contribution in [3.05, 3.63) is 0 Å². The van der Waals surface area contributed by atoms with Gasteiger partial charge >= 0.3 is 5.97 Å². The maximum absolute atomic E-state index is 12.9. The van der Waals surface area contributed by atoms with Crippen molar-refractivity contribution in [3.8, 4) is 0 Å². The Morgan fingerprint density at radius 1 is 1.04 bits per heavy atom. The molecule has 3 heteroatoms. The molecule has 0 bridgehead atoms. The van der Waals surface area contributed by atoms with E-state index >= 15 is 0 Å². The second-order valence-electron chi connectivity index (χ2n) is 10.4. The van der Waals surface area contributed by atoms with Gasteiger partial charge in [0.05, 0.1) is 5.41 Å². The predicted molar refractivity (Wildman–Crippen MR) is 95.7 cm³/mol. The van der Waals surface area contributed by atoms with Crippen LogP contribution in [0.25, 0.3) is 0 Å². The standard InChI is InChI=1S/C22H34O3/c1-13-17-5-6-19-16-4-3-15-11-14(12-23)7-9-21(15,2)18(16)8-10-22(17,19)20(24)25-13/h13-19,23H,3-12H2,1-2H3/t13-,14-,15+,16-,17-,18+,19+,21+,22+/m1/s1. The van der Waals surface area contributed by atoms with Gasteiger partial charge in [0.2, 0.25) is 0 Å². The molecular formula is C22H34O3. The summed E-state index contributed by atoms with van der Waals surface area (Å²) in [5, 5.41) is 9.63. The summed E-state index contributed by atoms with van der Waals surface area (Å²) in [4.78, 5) is 12.9. The first-order valence-electron chi connectivity index (χ1n) is 10.8. The lowest BCUT2D eigenvalue weighted by Gasteiger charge is -2.60. The molecule has 140 valence electrons. The molecule has 1 aliphatic heterocycles. The molecule has 4 saturated carbocycles. The van der Waals surface area contributed by atoms with Crippen molar-refractivity contribution < 1.29 is 14.6 Å². The third-order valence-corrected chi connectivity index (χ3v) is 9.85. The molecule has 4 aliphatic carbocycles. The maximum atomic E-state index is 12.9. The van der Waals surface area contributed by atoms with Crippen LogP contribution in [-0.2, 0) is 9.53 Å². The van der Waals surface area contributed by atoms with Gasteiger partial charge in [-0.1, -0.05) is 6.92 Å². The molecule has 3 nitrogen and oxygen atoms in total. The zero-order valence-corrected chi connectivity index (χ0v) is 15.9. The first-order chi connectivity index (χ1) is 12.0. The van der Waals surface area contributed by atoms with Gasteiger partial charge in [-0.15, -0.1) is 0 Å². The van der Waals surface area contributed by atoms with Crippen molar-refractivity contribution in [2.24, 2.45) is 46.3 Å². The minimum Gasteiger partial charge on any atom is -0.462 e. The molecular weight excluding hydrogens is 312 g/mol. The molecule has 0 amide bonds. The first-order valence-corrected chi connectivity index (χ1v) is 10.8. The summed E-state index contributed by atoms with van der Waals surface area (Å²) in [7, 11) is 0. The lowest BCUT2D eigenvalue weighted by Crippen LogP contribution is -2.55. The van der Waals surface area contributed by atoms with Gasteiger partial charge in [0.15, 0.2) is 0 Å². The van der Waals surface area contributed by atoms with Crippen molar-refractivity contribution >= 4 is 5.97 Å². The van der Waals surface area contributed by atoms with Crippen LogP contribution in [0.15, 0.2) is 0 Å². The van der Waals surface area contributed by atoms with Gasteiger partial charge in [-0.2, -0.15) is 0 Å². The van der Waals surface area contributed by atoms with E-state index in [1.807, 2.05) is 0 Å². The van der Waals surface area contributed by atoms with Crippen molar-refractivity contribution in [1.82, 2.24) is 0 Å². The van der Waals surface area contributed by atoms with E-state index in [-0.39, 0.29) is 17.5 Å². The van der Waals surface area contributed by atoms with Crippen molar-refractivity contribution in [2.45, 2.75) is 77.7 Å². The Kier molecular flexibility index (Phi) is 3.63. The van der Waals surface area contributed by atoms with Gasteiger partial charge in [-0.25, -0.2) is 0 Å². The predicted octanol–water partition coefficient (Wildman–Crippen LogP) is 4.18. The number of esters is 1. The Bertz CT molecular complexity index is 574. The summed E-state index contributed by atoms with van der Waals surface area (Å²) in [5.74, 6) is 4.09. The summed E-state index contributed by atoms with van der Waals surface area (Å²) in [6, 6.07) is 0. The zero-order valence-electron chi connectivity index (χ0n) is 15.9. The average molecular weight is 347 g/mol. The molecule has 0 radical (unpaired) electrons. The van der Waals surface area contributed by atoms with Crippen LogP contribution in [-0.4, -0.2) is 23.8 Å². The quantitative estimate of drug-likeness (QED) is 0.725. The molecule has 5 rings (SSSR count). The molecule has 1 spiro atoms. The van der Waals surface area contributed by atoms with E-state index in [4.69, 9.17) is 4.74 Å². The molecule has 1 saturated heterocycles. The lowest BCUT2D eigenvalue weighted by molar-refractivity contribution is -0.163. The Hall–Kier alpha value is -0.570. The van der Waals surface area contributed by atoms with Crippen LogP contribution in [0.2, 0.25) is 0 Å². The van der Waals surface area contributed by atoms with Crippen molar-refractivity contribution in [2.75, 3.05) is 6.61 Å². The van der Waals surface area contributed by atoms with Crippen LogP contribution in [0.5, 0.6) is 0 Å². The third-order valence-electron chi connectivity index (χ3n) is 9.85. The topological polar surface area (TPSA) is 46.5 Å². The lowest BCUT2D eigenvalue weighted by atomic mass is 9.44. The number of aliphatic hydroxyl groups excluding tert-OH is 1. The number of hydrogen-bond acceptors (Lipinski definition) is 3. The molecule has 0 aromatic rings. The Morgan fingerprint density at radius 3 is 2.64 bits per heavy atom. The molecule has 5 fully saturated rings. The number of cyclic esters (lactones) is 1. The number of carbonyl (C=O) groups is 1. The van der Waals surface area contributed by atoms with Gasteiger partial charge in [-0.3, -0.25) is 4.79 Å². The molecule has 0 unspecified atom stereocenters. The summed E-state index contributed by atoms with van der Waals surface area (Å²) in [6.45, 7) is 5.06. The number of ether oxygens (including phenoxy) is 1.